The summed E-state index contributed by atoms with van der Waals surface area (Å²) >= 11 is 1.60. The maximum Gasteiger partial charge on any atom is 0.167 e. The number of ether oxygens (including phenoxy) is 2. The number of fused-ring (bicyclic) bond motifs is 1. The molecule has 29 heavy (non-hydrogen) atoms. The van der Waals surface area contributed by atoms with Crippen LogP contribution in [0.5, 0.6) is 11.5 Å². The lowest BCUT2D eigenvalue weighted by molar-refractivity contribution is 0.0992. The first-order valence-electron chi connectivity index (χ1n) is 9.14. The average Bonchev–Trinajstić information content (AvgIpc) is 3.17. The number of methoxy groups -OCH3 is 2. The van der Waals surface area contributed by atoms with Gasteiger partial charge in [0.15, 0.2) is 17.3 Å². The van der Waals surface area contributed by atoms with E-state index in [0.717, 1.165) is 31.9 Å². The van der Waals surface area contributed by atoms with Crippen molar-refractivity contribution < 1.29 is 14.3 Å². The maximum absolute atomic E-state index is 12.9. The normalized spacial score (nSPS) is 10.9. The van der Waals surface area contributed by atoms with E-state index in [-0.39, 0.29) is 5.78 Å². The molecule has 0 N–H and O–H groups in total. The van der Waals surface area contributed by atoms with Crippen molar-refractivity contribution in [2.24, 2.45) is 0 Å². The van der Waals surface area contributed by atoms with Gasteiger partial charge in [-0.2, -0.15) is 0 Å². The zero-order chi connectivity index (χ0) is 20.4. The summed E-state index contributed by atoms with van der Waals surface area (Å²) in [7, 11) is 3.17. The molecule has 4 rings (SSSR count). The molecule has 4 aromatic rings. The van der Waals surface area contributed by atoms with Crippen LogP contribution in [0.1, 0.15) is 21.5 Å². The van der Waals surface area contributed by atoms with Gasteiger partial charge < -0.3 is 9.47 Å². The highest BCUT2D eigenvalue weighted by atomic mass is 32.1. The second kappa shape index (κ2) is 8.01. The number of ketones is 1. The van der Waals surface area contributed by atoms with Gasteiger partial charge in [0.2, 0.25) is 0 Å². The number of nitrogens with zero attached hydrogens (tertiary/aromatic N) is 2. The molecule has 146 valence electrons. The van der Waals surface area contributed by atoms with Gasteiger partial charge >= 0.3 is 0 Å². The number of pyridine rings is 1. The van der Waals surface area contributed by atoms with Crippen LogP contribution in [0.25, 0.3) is 20.8 Å². The molecule has 0 atom stereocenters. The molecule has 0 aliphatic rings. The molecule has 0 fully saturated rings. The van der Waals surface area contributed by atoms with E-state index in [4.69, 9.17) is 9.47 Å². The third kappa shape index (κ3) is 3.84. The fourth-order valence-electron chi connectivity index (χ4n) is 3.32. The van der Waals surface area contributed by atoms with Crippen molar-refractivity contribution in [3.63, 3.8) is 0 Å². The molecule has 0 unspecified atom stereocenters. The Morgan fingerprint density at radius 3 is 2.72 bits per heavy atom. The van der Waals surface area contributed by atoms with Crippen LogP contribution in [0.2, 0.25) is 0 Å². The number of hydrogen-bond acceptors (Lipinski definition) is 6. The van der Waals surface area contributed by atoms with Crippen molar-refractivity contribution >= 4 is 27.3 Å². The first-order chi connectivity index (χ1) is 14.1. The van der Waals surface area contributed by atoms with Crippen LogP contribution in [0.15, 0.2) is 54.9 Å². The highest BCUT2D eigenvalue weighted by Gasteiger charge is 2.15. The van der Waals surface area contributed by atoms with Crippen molar-refractivity contribution in [2.45, 2.75) is 13.3 Å². The predicted octanol–water partition coefficient (Wildman–Crippen LogP) is 5.11. The van der Waals surface area contributed by atoms with E-state index in [9.17, 15) is 4.79 Å². The summed E-state index contributed by atoms with van der Waals surface area (Å²) in [6, 6.07) is 13.4. The first-order valence-corrected chi connectivity index (χ1v) is 9.96. The number of rotatable bonds is 6. The number of carbonyl (C=O) groups excluding carboxylic acids is 1. The van der Waals surface area contributed by atoms with E-state index in [1.165, 1.54) is 0 Å². The largest absolute Gasteiger partial charge is 0.493 e. The quantitative estimate of drug-likeness (QED) is 0.418. The molecule has 0 amide bonds. The fourth-order valence-corrected chi connectivity index (χ4v) is 4.25. The molecule has 6 heteroatoms. The molecule has 0 bridgehead atoms. The van der Waals surface area contributed by atoms with Gasteiger partial charge in [-0.05, 0) is 42.3 Å². The Morgan fingerprint density at radius 1 is 1.10 bits per heavy atom. The highest BCUT2D eigenvalue weighted by molar-refractivity contribution is 7.21. The number of aryl methyl sites for hydroxylation is 1. The molecular weight excluding hydrogens is 384 g/mol. The fraction of sp³-hybridized carbons (Fsp3) is 0.174. The van der Waals surface area contributed by atoms with Gasteiger partial charge in [-0.1, -0.05) is 18.2 Å². The smallest absolute Gasteiger partial charge is 0.167 e. The van der Waals surface area contributed by atoms with Crippen LogP contribution in [0.4, 0.5) is 0 Å². The van der Waals surface area contributed by atoms with E-state index < -0.39 is 0 Å². The van der Waals surface area contributed by atoms with Gasteiger partial charge in [-0.15, -0.1) is 11.3 Å². The summed E-state index contributed by atoms with van der Waals surface area (Å²) in [5, 5.41) is 0.921. The Bertz CT molecular complexity index is 1170. The van der Waals surface area contributed by atoms with Crippen LogP contribution in [0, 0.1) is 6.92 Å². The Kier molecular flexibility index (Phi) is 5.27. The second-order valence-corrected chi connectivity index (χ2v) is 7.72. The molecule has 2 heterocycles. The van der Waals surface area contributed by atoms with E-state index in [1.54, 1.807) is 37.8 Å². The minimum Gasteiger partial charge on any atom is -0.493 e. The summed E-state index contributed by atoms with van der Waals surface area (Å²) < 4.78 is 11.8. The third-order valence-electron chi connectivity index (χ3n) is 4.72. The summed E-state index contributed by atoms with van der Waals surface area (Å²) in [6.07, 6.45) is 3.87. The van der Waals surface area contributed by atoms with Gasteiger partial charge in [-0.3, -0.25) is 9.78 Å². The lowest BCUT2D eigenvalue weighted by Crippen LogP contribution is -2.05. The number of aromatic nitrogens is 2. The molecule has 5 nitrogen and oxygen atoms in total. The minimum atomic E-state index is 0.0275. The second-order valence-electron chi connectivity index (χ2n) is 6.69. The van der Waals surface area contributed by atoms with Crippen molar-refractivity contribution in [3.05, 3.63) is 71.5 Å². The Balaban J connectivity index is 1.61. The summed E-state index contributed by atoms with van der Waals surface area (Å²) in [5.74, 6) is 1.24. The number of carbonyl (C=O) groups is 1. The molecule has 2 aromatic carbocycles. The van der Waals surface area contributed by atoms with Gasteiger partial charge in [-0.25, -0.2) is 4.98 Å². The molecule has 0 saturated heterocycles. The topological polar surface area (TPSA) is 61.3 Å². The lowest BCUT2D eigenvalue weighted by atomic mass is 9.99. The summed E-state index contributed by atoms with van der Waals surface area (Å²) in [4.78, 5) is 21.7. The summed E-state index contributed by atoms with van der Waals surface area (Å²) in [6.45, 7) is 1.90. The standard InChI is InChI=1S/C23H20N2O3S/c1-14-9-17(12-20(27-2)22(14)28-3)19(26)11-15-5-4-6-16(10-15)23-25-18-7-8-24-13-21(18)29-23/h4-10,12-13H,11H2,1-3H3. The van der Waals surface area contributed by atoms with Gasteiger partial charge in [0, 0.05) is 29.9 Å². The zero-order valence-electron chi connectivity index (χ0n) is 16.4. The van der Waals surface area contributed by atoms with Crippen molar-refractivity contribution in [2.75, 3.05) is 14.2 Å². The van der Waals surface area contributed by atoms with Gasteiger partial charge in [0.1, 0.15) is 5.01 Å². The number of hydrogen-bond donors (Lipinski definition) is 0. The Labute approximate surface area is 173 Å². The number of thiazole rings is 1. The zero-order valence-corrected chi connectivity index (χ0v) is 17.2. The van der Waals surface area contributed by atoms with Crippen LogP contribution in [-0.2, 0) is 6.42 Å². The van der Waals surface area contributed by atoms with E-state index in [2.05, 4.69) is 9.97 Å². The monoisotopic (exact) mass is 404 g/mol. The highest BCUT2D eigenvalue weighted by Crippen LogP contribution is 2.33. The van der Waals surface area contributed by atoms with Crippen molar-refractivity contribution in [3.8, 4) is 22.1 Å². The molecule has 0 aliphatic carbocycles. The molecule has 2 aromatic heterocycles. The molecule has 0 saturated carbocycles. The van der Waals surface area contributed by atoms with Gasteiger partial charge in [0.25, 0.3) is 0 Å². The van der Waals surface area contributed by atoms with Gasteiger partial charge in [0.05, 0.1) is 24.4 Å². The van der Waals surface area contributed by atoms with E-state index >= 15 is 0 Å². The summed E-state index contributed by atoms with van der Waals surface area (Å²) in [5.41, 5.74) is 4.35. The Hall–Kier alpha value is -3.25. The molecule has 0 radical (unpaired) electrons. The molecule has 0 aliphatic heterocycles. The third-order valence-corrected chi connectivity index (χ3v) is 5.77. The number of Topliss-reactive ketones (excluding diaryl/α,β-unsaturated/α-hetero) is 1. The molecular formula is C23H20N2O3S. The van der Waals surface area contributed by atoms with E-state index in [0.29, 0.717) is 23.5 Å². The molecule has 0 spiro atoms. The predicted molar refractivity (Wildman–Crippen MR) is 115 cm³/mol. The first kappa shape index (κ1) is 19.1. The van der Waals surface area contributed by atoms with E-state index in [1.807, 2.05) is 49.5 Å². The van der Waals surface area contributed by atoms with Crippen molar-refractivity contribution in [1.82, 2.24) is 9.97 Å². The Morgan fingerprint density at radius 2 is 1.97 bits per heavy atom. The number of benzene rings is 2. The van der Waals surface area contributed by atoms with Crippen LogP contribution in [0.3, 0.4) is 0 Å². The lowest BCUT2D eigenvalue weighted by Gasteiger charge is -2.12. The maximum atomic E-state index is 12.9. The van der Waals surface area contributed by atoms with Crippen molar-refractivity contribution in [1.29, 1.82) is 0 Å². The average molecular weight is 404 g/mol. The SMILES string of the molecule is COc1cc(C(=O)Cc2cccc(-c3nc4ccncc4s3)c2)cc(C)c1OC. The minimum absolute atomic E-state index is 0.0275. The van der Waals surface area contributed by atoms with Crippen LogP contribution < -0.4 is 9.47 Å². The van der Waals surface area contributed by atoms with Crippen LogP contribution >= 0.6 is 11.3 Å². The van der Waals surface area contributed by atoms with Crippen LogP contribution in [-0.4, -0.2) is 30.0 Å².